The summed E-state index contributed by atoms with van der Waals surface area (Å²) in [5.41, 5.74) is 2.00. The predicted octanol–water partition coefficient (Wildman–Crippen LogP) is 3.87. The molecule has 9 heteroatoms. The Kier molecular flexibility index (Phi) is 6.03. The summed E-state index contributed by atoms with van der Waals surface area (Å²) in [6, 6.07) is 13.6. The van der Waals surface area contributed by atoms with Gasteiger partial charge in [-0.15, -0.1) is 0 Å². The number of nitrogens with zero attached hydrogens (tertiary/aromatic N) is 3. The van der Waals surface area contributed by atoms with E-state index in [0.717, 1.165) is 15.6 Å². The van der Waals surface area contributed by atoms with Crippen LogP contribution in [0.3, 0.4) is 0 Å². The van der Waals surface area contributed by atoms with Gasteiger partial charge in [-0.25, -0.2) is 9.78 Å². The van der Waals surface area contributed by atoms with E-state index in [1.807, 2.05) is 56.3 Å². The second-order valence-corrected chi connectivity index (χ2v) is 9.75. The summed E-state index contributed by atoms with van der Waals surface area (Å²) in [4.78, 5) is 34.6. The molecule has 0 bridgehead atoms. The van der Waals surface area contributed by atoms with Gasteiger partial charge in [-0.3, -0.25) is 13.9 Å². The van der Waals surface area contributed by atoms with Crippen LogP contribution >= 0.6 is 15.9 Å². The number of nitrogens with one attached hydrogen (secondary N) is 1. The van der Waals surface area contributed by atoms with E-state index in [1.54, 1.807) is 4.57 Å². The van der Waals surface area contributed by atoms with Gasteiger partial charge < -0.3 is 14.5 Å². The van der Waals surface area contributed by atoms with Crippen molar-refractivity contribution in [3.63, 3.8) is 0 Å². The largest absolute Gasteiger partial charge is 0.454 e. The number of hydrogen-bond donors (Lipinski definition) is 1. The topological polar surface area (TPSA) is 91.1 Å². The molecule has 0 unspecified atom stereocenters. The van der Waals surface area contributed by atoms with Crippen molar-refractivity contribution in [1.82, 2.24) is 19.1 Å². The van der Waals surface area contributed by atoms with Crippen LogP contribution in [-0.2, 0) is 25.9 Å². The monoisotopic (exact) mass is 524 g/mol. The molecule has 2 aromatic carbocycles. The van der Waals surface area contributed by atoms with Crippen molar-refractivity contribution >= 4 is 27.1 Å². The SMILES string of the molecule is CC(C)Cn1c(=O)n(CCc2cccc3c2OCO3)c(=O)c2[nH]c(Cc3ccc(Br)cc3)nc21. The minimum Gasteiger partial charge on any atom is -0.454 e. The van der Waals surface area contributed by atoms with Gasteiger partial charge in [-0.2, -0.15) is 0 Å². The molecule has 0 radical (unpaired) electrons. The maximum atomic E-state index is 13.4. The van der Waals surface area contributed by atoms with Crippen molar-refractivity contribution in [3.8, 4) is 11.5 Å². The highest BCUT2D eigenvalue weighted by Crippen LogP contribution is 2.35. The maximum Gasteiger partial charge on any atom is 0.332 e. The Labute approximate surface area is 204 Å². The van der Waals surface area contributed by atoms with E-state index in [9.17, 15) is 9.59 Å². The predicted molar refractivity (Wildman–Crippen MR) is 133 cm³/mol. The van der Waals surface area contributed by atoms with Gasteiger partial charge in [0.25, 0.3) is 5.56 Å². The number of fused-ring (bicyclic) bond motifs is 2. The maximum absolute atomic E-state index is 13.4. The molecule has 1 aliphatic heterocycles. The Morgan fingerprint density at radius 2 is 1.88 bits per heavy atom. The smallest absolute Gasteiger partial charge is 0.332 e. The molecule has 2 aromatic heterocycles. The number of aryl methyl sites for hydroxylation is 1. The molecule has 4 aromatic rings. The van der Waals surface area contributed by atoms with Crippen molar-refractivity contribution in [1.29, 1.82) is 0 Å². The fourth-order valence-corrected chi connectivity index (χ4v) is 4.50. The molecule has 5 rings (SSSR count). The van der Waals surface area contributed by atoms with E-state index < -0.39 is 0 Å². The number of H-pyrrole nitrogens is 1. The lowest BCUT2D eigenvalue weighted by molar-refractivity contribution is 0.173. The summed E-state index contributed by atoms with van der Waals surface area (Å²) in [5, 5.41) is 0. The first-order chi connectivity index (χ1) is 16.4. The van der Waals surface area contributed by atoms with E-state index >= 15 is 0 Å². The number of imidazole rings is 1. The van der Waals surface area contributed by atoms with E-state index in [4.69, 9.17) is 9.47 Å². The zero-order valence-electron chi connectivity index (χ0n) is 19.0. The molecule has 8 nitrogen and oxygen atoms in total. The molecule has 0 amide bonds. The number of aromatic nitrogens is 4. The zero-order chi connectivity index (χ0) is 23.8. The number of para-hydroxylation sites is 1. The molecule has 0 atom stereocenters. The van der Waals surface area contributed by atoms with E-state index in [1.165, 1.54) is 4.57 Å². The van der Waals surface area contributed by atoms with Crippen LogP contribution in [0.5, 0.6) is 11.5 Å². The van der Waals surface area contributed by atoms with Crippen LogP contribution in [0.25, 0.3) is 11.2 Å². The molecule has 0 saturated carbocycles. The number of benzene rings is 2. The summed E-state index contributed by atoms with van der Waals surface area (Å²) >= 11 is 3.44. The van der Waals surface area contributed by atoms with Crippen LogP contribution in [0.4, 0.5) is 0 Å². The Morgan fingerprint density at radius 3 is 2.65 bits per heavy atom. The summed E-state index contributed by atoms with van der Waals surface area (Å²) in [7, 11) is 0. The van der Waals surface area contributed by atoms with Crippen LogP contribution in [0.1, 0.15) is 30.8 Å². The summed E-state index contributed by atoms with van der Waals surface area (Å²) in [6.45, 7) is 4.94. The number of ether oxygens (including phenoxy) is 2. The van der Waals surface area contributed by atoms with Crippen LogP contribution in [-0.4, -0.2) is 25.9 Å². The molecule has 0 fully saturated rings. The minimum atomic E-state index is -0.362. The first-order valence-corrected chi connectivity index (χ1v) is 12.0. The molecule has 0 spiro atoms. The summed E-state index contributed by atoms with van der Waals surface area (Å²) in [5.74, 6) is 2.22. The van der Waals surface area contributed by atoms with Crippen LogP contribution in [0.2, 0.25) is 0 Å². The molecular formula is C25H25BrN4O4. The van der Waals surface area contributed by atoms with Gasteiger partial charge in [0.05, 0.1) is 0 Å². The highest BCUT2D eigenvalue weighted by Gasteiger charge is 2.20. The van der Waals surface area contributed by atoms with Gasteiger partial charge in [-0.05, 0) is 41.7 Å². The second-order valence-electron chi connectivity index (χ2n) is 8.83. The number of rotatable bonds is 7. The van der Waals surface area contributed by atoms with E-state index in [-0.39, 0.29) is 30.5 Å². The van der Waals surface area contributed by atoms with Crippen molar-refractivity contribution in [2.45, 2.75) is 39.8 Å². The molecule has 176 valence electrons. The minimum absolute atomic E-state index is 0.175. The lowest BCUT2D eigenvalue weighted by atomic mass is 10.1. The number of hydrogen-bond acceptors (Lipinski definition) is 5. The summed E-state index contributed by atoms with van der Waals surface area (Å²) < 4.78 is 14.9. The first kappa shape index (κ1) is 22.5. The highest BCUT2D eigenvalue weighted by molar-refractivity contribution is 9.10. The van der Waals surface area contributed by atoms with E-state index in [2.05, 4.69) is 25.9 Å². The molecular weight excluding hydrogens is 500 g/mol. The third kappa shape index (κ3) is 4.27. The van der Waals surface area contributed by atoms with Crippen molar-refractivity contribution in [2.24, 2.45) is 5.92 Å². The van der Waals surface area contributed by atoms with Gasteiger partial charge >= 0.3 is 5.69 Å². The normalized spacial score (nSPS) is 12.7. The molecule has 1 aliphatic rings. The molecule has 34 heavy (non-hydrogen) atoms. The van der Waals surface area contributed by atoms with E-state index in [0.29, 0.717) is 47.9 Å². The van der Waals surface area contributed by atoms with Gasteiger partial charge in [0.15, 0.2) is 17.1 Å². The molecule has 0 aliphatic carbocycles. The van der Waals surface area contributed by atoms with Crippen LogP contribution in [0.15, 0.2) is 56.5 Å². The second kappa shape index (κ2) is 9.13. The zero-order valence-corrected chi connectivity index (χ0v) is 20.6. The van der Waals surface area contributed by atoms with Crippen molar-refractivity contribution in [2.75, 3.05) is 6.79 Å². The Balaban J connectivity index is 1.54. The van der Waals surface area contributed by atoms with Crippen LogP contribution < -0.4 is 20.7 Å². The average Bonchev–Trinajstić information content (AvgIpc) is 3.46. The Bertz CT molecular complexity index is 1470. The average molecular weight is 525 g/mol. The highest BCUT2D eigenvalue weighted by atomic mass is 79.9. The van der Waals surface area contributed by atoms with Crippen molar-refractivity contribution < 1.29 is 9.47 Å². The van der Waals surface area contributed by atoms with Gasteiger partial charge in [-0.1, -0.05) is 54.0 Å². The first-order valence-electron chi connectivity index (χ1n) is 11.2. The van der Waals surface area contributed by atoms with Gasteiger partial charge in [0.2, 0.25) is 6.79 Å². The van der Waals surface area contributed by atoms with Crippen molar-refractivity contribution in [3.05, 3.63) is 84.7 Å². The number of aromatic amines is 1. The lowest BCUT2D eigenvalue weighted by Crippen LogP contribution is -2.41. The van der Waals surface area contributed by atoms with Gasteiger partial charge in [0, 0.05) is 24.0 Å². The fraction of sp³-hybridized carbons (Fsp3) is 0.320. The van der Waals surface area contributed by atoms with Crippen LogP contribution in [0, 0.1) is 5.92 Å². The standard InChI is InChI=1S/C25H25BrN4O4/c1-15(2)13-30-23-21(27-20(28-23)12-16-6-8-18(26)9-7-16)24(31)29(25(30)32)11-10-17-4-3-5-19-22(17)34-14-33-19/h3-9,15H,10-14H2,1-2H3,(H,27,28). The van der Waals surface area contributed by atoms with Gasteiger partial charge in [0.1, 0.15) is 11.3 Å². The molecule has 3 heterocycles. The number of halogens is 1. The third-order valence-electron chi connectivity index (χ3n) is 5.83. The molecule has 1 N–H and O–H groups in total. The third-order valence-corrected chi connectivity index (χ3v) is 6.35. The lowest BCUT2D eigenvalue weighted by Gasteiger charge is -2.13. The summed E-state index contributed by atoms with van der Waals surface area (Å²) in [6.07, 6.45) is 1.000. The quantitative estimate of drug-likeness (QED) is 0.396. The Hall–Kier alpha value is -3.33. The molecule has 0 saturated heterocycles. The fourth-order valence-electron chi connectivity index (χ4n) is 4.24. The Morgan fingerprint density at radius 1 is 1.09 bits per heavy atom.